The maximum atomic E-state index is 12.9. The summed E-state index contributed by atoms with van der Waals surface area (Å²) in [6.45, 7) is 4.30. The Morgan fingerprint density at radius 1 is 0.704 bits per heavy atom. The van der Waals surface area contributed by atoms with Gasteiger partial charge in [-0.1, -0.05) is 0 Å². The van der Waals surface area contributed by atoms with E-state index in [9.17, 15) is 43.2 Å². The smallest absolute Gasteiger partial charge is 0.304 e. The number of nitrogens with two attached hydrogens (primary N) is 1. The first kappa shape index (κ1) is 49.4. The van der Waals surface area contributed by atoms with E-state index in [0.29, 0.717) is 52.4 Å². The van der Waals surface area contributed by atoms with Gasteiger partial charge in [-0.15, -0.1) is 0 Å². The lowest BCUT2D eigenvalue weighted by Gasteiger charge is -2.20. The zero-order valence-corrected chi connectivity index (χ0v) is 30.7. The molecule has 306 valence electrons. The van der Waals surface area contributed by atoms with Crippen molar-refractivity contribution < 1.29 is 72.7 Å². The highest BCUT2D eigenvalue weighted by Gasteiger charge is 2.28. The van der Waals surface area contributed by atoms with E-state index in [0.717, 1.165) is 4.90 Å². The maximum Gasteiger partial charge on any atom is 0.304 e. The average molecular weight is 774 g/mol. The number of unbranched alkanes of at least 4 members (excludes halogenated alkanes) is 1. The van der Waals surface area contributed by atoms with Gasteiger partial charge in [0, 0.05) is 63.9 Å². The highest BCUT2D eigenvalue weighted by atomic mass is 16.6. The van der Waals surface area contributed by atoms with Crippen LogP contribution in [0.4, 0.5) is 0 Å². The first-order chi connectivity index (χ1) is 25.3. The molecule has 0 spiro atoms. The van der Waals surface area contributed by atoms with Crippen LogP contribution in [0.15, 0.2) is 12.2 Å². The molecule has 2 atom stereocenters. The van der Waals surface area contributed by atoms with Crippen molar-refractivity contribution in [2.75, 3.05) is 72.5 Å². The Kier molecular flexibility index (Phi) is 27.2. The number of nitrogens with zero attached hydrogens (tertiary/aromatic N) is 1. The molecule has 0 saturated heterocycles. The molecule has 0 aromatic carbocycles. The summed E-state index contributed by atoms with van der Waals surface area (Å²) in [5.74, 6) is -6.10. The predicted molar refractivity (Wildman–Crippen MR) is 188 cm³/mol. The Bertz CT molecular complexity index is 1260. The summed E-state index contributed by atoms with van der Waals surface area (Å²) in [4.78, 5) is 107. The van der Waals surface area contributed by atoms with E-state index in [1.165, 1.54) is 19.1 Å². The monoisotopic (exact) mass is 773 g/mol. The van der Waals surface area contributed by atoms with Gasteiger partial charge in [0.2, 0.25) is 23.6 Å². The summed E-state index contributed by atoms with van der Waals surface area (Å²) in [6, 6.07) is -1.00. The lowest BCUT2D eigenvalue weighted by atomic mass is 9.93. The molecule has 0 unspecified atom stereocenters. The molecule has 0 aromatic heterocycles. The fourth-order valence-corrected chi connectivity index (χ4v) is 4.67. The minimum absolute atomic E-state index is 0. The van der Waals surface area contributed by atoms with Crippen LogP contribution in [0.2, 0.25) is 0 Å². The van der Waals surface area contributed by atoms with Gasteiger partial charge in [0.25, 0.3) is 11.8 Å². The van der Waals surface area contributed by atoms with Crippen LogP contribution in [-0.4, -0.2) is 147 Å². The van der Waals surface area contributed by atoms with Crippen LogP contribution in [0.25, 0.3) is 0 Å². The van der Waals surface area contributed by atoms with Crippen molar-refractivity contribution >= 4 is 53.0 Å². The maximum absolute atomic E-state index is 12.9. The fraction of sp³-hybridized carbons (Fsp3) is 0.676. The summed E-state index contributed by atoms with van der Waals surface area (Å²) in [5.41, 5.74) is 5.25. The Labute approximate surface area is 313 Å². The topological polar surface area (TPSA) is 308 Å². The van der Waals surface area contributed by atoms with E-state index in [-0.39, 0.29) is 88.1 Å². The van der Waals surface area contributed by atoms with E-state index < -0.39 is 60.2 Å². The predicted octanol–water partition coefficient (Wildman–Crippen LogP) is -2.27. The second-order valence-corrected chi connectivity index (χ2v) is 12.0. The number of amides is 6. The second-order valence-electron chi connectivity index (χ2n) is 12.0. The molecule has 0 bridgehead atoms. The molecule has 0 radical (unpaired) electrons. The molecule has 20 heteroatoms. The number of aliphatic carboxylic acids is 1. The second kappa shape index (κ2) is 29.8. The van der Waals surface area contributed by atoms with E-state index in [2.05, 4.69) is 16.0 Å². The Morgan fingerprint density at radius 3 is 1.80 bits per heavy atom. The zero-order valence-electron chi connectivity index (χ0n) is 30.7. The third kappa shape index (κ3) is 24.6. The van der Waals surface area contributed by atoms with Crippen molar-refractivity contribution in [1.82, 2.24) is 20.9 Å². The molecule has 1 aliphatic rings. The summed E-state index contributed by atoms with van der Waals surface area (Å²) < 4.78 is 21.6. The van der Waals surface area contributed by atoms with E-state index in [4.69, 9.17) is 29.8 Å². The lowest BCUT2D eigenvalue weighted by molar-refractivity contribution is -0.141. The SMILES string of the molecule is CC(=O)CCC(=O)N[C@@H](CCCCNC(=O)CCOCCOCCOCCOCCNC(=O)CCN1C(=O)C=CC1=O)C(=O)C[C@@H](CC(=O)O)C(N)=O.O. The molecule has 1 aliphatic heterocycles. The molecule has 1 rings (SSSR count). The molecular weight excluding hydrogens is 718 g/mol. The molecule has 20 nitrogen and oxygen atoms in total. The molecule has 54 heavy (non-hydrogen) atoms. The van der Waals surface area contributed by atoms with Crippen molar-refractivity contribution in [3.8, 4) is 0 Å². The first-order valence-electron chi connectivity index (χ1n) is 17.5. The van der Waals surface area contributed by atoms with Crippen LogP contribution < -0.4 is 21.7 Å². The molecule has 0 aromatic rings. The number of ketones is 2. The van der Waals surface area contributed by atoms with Crippen molar-refractivity contribution in [2.24, 2.45) is 11.7 Å². The number of carboxylic acids is 1. The number of primary amides is 1. The molecular formula is C34H55N5O15. The first-order valence-corrected chi connectivity index (χ1v) is 17.5. The lowest BCUT2D eigenvalue weighted by Crippen LogP contribution is -2.42. The number of ether oxygens (including phenoxy) is 4. The highest BCUT2D eigenvalue weighted by Crippen LogP contribution is 2.14. The van der Waals surface area contributed by atoms with Gasteiger partial charge in [0.1, 0.15) is 5.78 Å². The number of rotatable bonds is 33. The van der Waals surface area contributed by atoms with Crippen LogP contribution in [-0.2, 0) is 62.1 Å². The van der Waals surface area contributed by atoms with Gasteiger partial charge in [-0.25, -0.2) is 0 Å². The number of Topliss-reactive ketones (excluding diaryl/α,β-unsaturated/α-hetero) is 2. The Morgan fingerprint density at radius 2 is 1.24 bits per heavy atom. The number of carbonyl (C=O) groups is 9. The molecule has 0 saturated carbocycles. The van der Waals surface area contributed by atoms with Crippen LogP contribution in [0.1, 0.15) is 64.7 Å². The summed E-state index contributed by atoms with van der Waals surface area (Å²) in [5, 5.41) is 17.0. The Balaban J connectivity index is 0.0000281. The van der Waals surface area contributed by atoms with Crippen LogP contribution in [0.5, 0.6) is 0 Å². The number of carbonyl (C=O) groups excluding carboxylic acids is 8. The number of hydrogen-bond donors (Lipinski definition) is 5. The van der Waals surface area contributed by atoms with Crippen LogP contribution >= 0.6 is 0 Å². The molecule has 8 N–H and O–H groups in total. The molecule has 0 aliphatic carbocycles. The van der Waals surface area contributed by atoms with Crippen LogP contribution in [0.3, 0.4) is 0 Å². The number of hydrogen-bond acceptors (Lipinski definition) is 13. The Hall–Kier alpha value is -4.63. The number of imide groups is 1. The quantitative estimate of drug-likeness (QED) is 0.0347. The minimum atomic E-state index is -1.29. The van der Waals surface area contributed by atoms with Gasteiger partial charge in [-0.05, 0) is 26.2 Å². The third-order valence-electron chi connectivity index (χ3n) is 7.56. The normalized spacial score (nSPS) is 13.2. The summed E-state index contributed by atoms with van der Waals surface area (Å²) >= 11 is 0. The molecule has 6 amide bonds. The van der Waals surface area contributed by atoms with Gasteiger partial charge < -0.3 is 56.0 Å². The van der Waals surface area contributed by atoms with Crippen molar-refractivity contribution in [3.05, 3.63) is 12.2 Å². The number of nitrogens with one attached hydrogen (secondary N) is 3. The largest absolute Gasteiger partial charge is 0.481 e. The van der Waals surface area contributed by atoms with Gasteiger partial charge in [-0.3, -0.25) is 43.3 Å². The van der Waals surface area contributed by atoms with Gasteiger partial charge >= 0.3 is 5.97 Å². The molecule has 1 heterocycles. The molecule has 0 fully saturated rings. The standard InChI is InChI=1S/C34H53N5O14.H2O/c1-24(40)5-6-30(44)38-26(27(41)22-25(34(35)49)23-33(47)48)4-2-3-11-36-29(43)10-14-50-16-18-52-20-21-53-19-17-51-15-12-37-28(42)9-13-39-31(45)7-8-32(39)46;/h7-8,25-26H,2-6,9-23H2,1H3,(H2,35,49)(H,36,43)(H,37,42)(H,38,44)(H,47,48);1H2/t25-,26-;/m0./s1. The van der Waals surface area contributed by atoms with E-state index >= 15 is 0 Å². The van der Waals surface area contributed by atoms with Crippen molar-refractivity contribution in [1.29, 1.82) is 0 Å². The van der Waals surface area contributed by atoms with Crippen molar-refractivity contribution in [2.45, 2.75) is 70.8 Å². The zero-order chi connectivity index (χ0) is 39.4. The minimum Gasteiger partial charge on any atom is -0.481 e. The fourth-order valence-electron chi connectivity index (χ4n) is 4.67. The van der Waals surface area contributed by atoms with Crippen molar-refractivity contribution in [3.63, 3.8) is 0 Å². The van der Waals surface area contributed by atoms with Gasteiger partial charge in [0.05, 0.1) is 71.2 Å². The number of carboxylic acid groups (broad SMARTS) is 1. The average Bonchev–Trinajstić information content (AvgIpc) is 3.42. The third-order valence-corrected chi connectivity index (χ3v) is 7.56. The summed E-state index contributed by atoms with van der Waals surface area (Å²) in [6.07, 6.45) is 2.35. The summed E-state index contributed by atoms with van der Waals surface area (Å²) in [7, 11) is 0. The van der Waals surface area contributed by atoms with E-state index in [1.807, 2.05) is 0 Å². The van der Waals surface area contributed by atoms with Gasteiger partial charge in [0.15, 0.2) is 5.78 Å². The highest BCUT2D eigenvalue weighted by molar-refractivity contribution is 6.13. The van der Waals surface area contributed by atoms with E-state index in [1.54, 1.807) is 0 Å². The van der Waals surface area contributed by atoms with Crippen LogP contribution in [0, 0.1) is 5.92 Å². The van der Waals surface area contributed by atoms with Gasteiger partial charge in [-0.2, -0.15) is 0 Å².